The summed E-state index contributed by atoms with van der Waals surface area (Å²) in [6, 6.07) is 17.1. The fourth-order valence-electron chi connectivity index (χ4n) is 2.38. The van der Waals surface area contributed by atoms with Crippen LogP contribution in [0.1, 0.15) is 18.9 Å². The summed E-state index contributed by atoms with van der Waals surface area (Å²) >= 11 is 0. The molecule has 0 saturated heterocycles. The lowest BCUT2D eigenvalue weighted by Crippen LogP contribution is -2.32. The molecule has 1 N–H and O–H groups in total. The fourth-order valence-corrected chi connectivity index (χ4v) is 2.38. The van der Waals surface area contributed by atoms with Crippen LogP contribution in [-0.2, 0) is 4.79 Å². The predicted molar refractivity (Wildman–Crippen MR) is 95.9 cm³/mol. The topological polar surface area (TPSA) is 69.0 Å². The molecule has 25 heavy (non-hydrogen) atoms. The molecule has 6 heteroatoms. The molecule has 0 radical (unpaired) electrons. The first-order valence-corrected chi connectivity index (χ1v) is 8.18. The van der Waals surface area contributed by atoms with E-state index >= 15 is 0 Å². The molecule has 1 heterocycles. The second-order valence-corrected chi connectivity index (χ2v) is 5.62. The van der Waals surface area contributed by atoms with Crippen molar-refractivity contribution in [1.29, 1.82) is 0 Å². The third-order valence-electron chi connectivity index (χ3n) is 3.76. The van der Waals surface area contributed by atoms with Gasteiger partial charge in [-0.25, -0.2) is 0 Å². The molecule has 1 atom stereocenters. The van der Waals surface area contributed by atoms with Gasteiger partial charge in [-0.15, -0.1) is 9.90 Å². The van der Waals surface area contributed by atoms with E-state index in [4.69, 9.17) is 4.74 Å². The minimum atomic E-state index is -0.594. The molecule has 1 amide bonds. The van der Waals surface area contributed by atoms with Gasteiger partial charge in [0.2, 0.25) is 0 Å². The normalized spacial score (nSPS) is 11.8. The van der Waals surface area contributed by atoms with Gasteiger partial charge in [0.05, 0.1) is 11.9 Å². The summed E-state index contributed by atoms with van der Waals surface area (Å²) in [5, 5.41) is 11.2. The third-order valence-corrected chi connectivity index (χ3v) is 3.76. The second-order valence-electron chi connectivity index (χ2n) is 5.62. The van der Waals surface area contributed by atoms with Gasteiger partial charge < -0.3 is 10.1 Å². The van der Waals surface area contributed by atoms with Gasteiger partial charge >= 0.3 is 0 Å². The molecule has 0 aliphatic rings. The van der Waals surface area contributed by atoms with Crippen LogP contribution in [0.25, 0.3) is 5.69 Å². The number of hydrogen-bond acceptors (Lipinski definition) is 4. The van der Waals surface area contributed by atoms with E-state index in [0.717, 1.165) is 11.3 Å². The number of carbonyl (C=O) groups excluding carboxylic acids is 1. The van der Waals surface area contributed by atoms with Crippen molar-refractivity contribution in [2.75, 3.05) is 5.32 Å². The summed E-state index contributed by atoms with van der Waals surface area (Å²) in [6.07, 6.45) is 1.47. The number of aryl methyl sites for hydroxylation is 1. The van der Waals surface area contributed by atoms with Crippen molar-refractivity contribution in [1.82, 2.24) is 15.0 Å². The van der Waals surface area contributed by atoms with Crippen LogP contribution in [0.15, 0.2) is 60.8 Å². The average Bonchev–Trinajstić information content (AvgIpc) is 3.10. The van der Waals surface area contributed by atoms with E-state index in [-0.39, 0.29) is 5.91 Å². The van der Waals surface area contributed by atoms with Gasteiger partial charge in [0.25, 0.3) is 5.91 Å². The van der Waals surface area contributed by atoms with Crippen LogP contribution in [0.2, 0.25) is 0 Å². The molecule has 0 fully saturated rings. The van der Waals surface area contributed by atoms with Crippen LogP contribution in [0.4, 0.5) is 5.82 Å². The Labute approximate surface area is 146 Å². The van der Waals surface area contributed by atoms with Crippen LogP contribution in [-0.4, -0.2) is 27.0 Å². The van der Waals surface area contributed by atoms with Crippen LogP contribution in [0.3, 0.4) is 0 Å². The molecule has 1 aromatic heterocycles. The van der Waals surface area contributed by atoms with E-state index in [1.807, 2.05) is 68.4 Å². The number of amides is 1. The van der Waals surface area contributed by atoms with Crippen molar-refractivity contribution in [2.24, 2.45) is 0 Å². The van der Waals surface area contributed by atoms with Crippen molar-refractivity contribution >= 4 is 11.7 Å². The summed E-state index contributed by atoms with van der Waals surface area (Å²) in [6.45, 7) is 3.86. The maximum absolute atomic E-state index is 12.5. The number of carbonyl (C=O) groups is 1. The molecular weight excluding hydrogens is 316 g/mol. The highest BCUT2D eigenvalue weighted by molar-refractivity contribution is 5.93. The Kier molecular flexibility index (Phi) is 5.09. The maximum atomic E-state index is 12.5. The lowest BCUT2D eigenvalue weighted by Gasteiger charge is -2.17. The van der Waals surface area contributed by atoms with Crippen LogP contribution >= 0.6 is 0 Å². The summed E-state index contributed by atoms with van der Waals surface area (Å²) < 4.78 is 5.85. The van der Waals surface area contributed by atoms with E-state index in [1.54, 1.807) is 0 Å². The van der Waals surface area contributed by atoms with Crippen molar-refractivity contribution in [3.05, 3.63) is 66.4 Å². The zero-order valence-electron chi connectivity index (χ0n) is 14.2. The Morgan fingerprint density at radius 2 is 1.88 bits per heavy atom. The van der Waals surface area contributed by atoms with E-state index in [9.17, 15) is 4.79 Å². The van der Waals surface area contributed by atoms with E-state index in [1.165, 1.54) is 11.0 Å². The molecule has 128 valence electrons. The van der Waals surface area contributed by atoms with Gasteiger partial charge in [-0.3, -0.25) is 4.79 Å². The van der Waals surface area contributed by atoms with Crippen LogP contribution in [0.5, 0.6) is 5.75 Å². The first-order chi connectivity index (χ1) is 12.2. The fraction of sp³-hybridized carbons (Fsp3) is 0.211. The largest absolute Gasteiger partial charge is 0.480 e. The Hall–Kier alpha value is -3.15. The van der Waals surface area contributed by atoms with Crippen molar-refractivity contribution in [3.63, 3.8) is 0 Å². The minimum Gasteiger partial charge on any atom is -0.480 e. The monoisotopic (exact) mass is 336 g/mol. The molecule has 3 rings (SSSR count). The first kappa shape index (κ1) is 16.7. The lowest BCUT2D eigenvalue weighted by molar-refractivity contribution is -0.122. The highest BCUT2D eigenvalue weighted by Crippen LogP contribution is 2.19. The quantitative estimate of drug-likeness (QED) is 0.749. The number of benzene rings is 2. The zero-order valence-corrected chi connectivity index (χ0v) is 14.2. The van der Waals surface area contributed by atoms with Crippen LogP contribution in [0, 0.1) is 6.92 Å². The predicted octanol–water partition coefficient (Wildman–Crippen LogP) is 3.37. The number of para-hydroxylation sites is 2. The number of nitrogens with zero attached hydrogens (tertiary/aromatic N) is 3. The SMILES string of the molecule is CCC(Oc1ccccc1C)C(=O)Nc1cnn(-c2ccccc2)n1. The van der Waals surface area contributed by atoms with Gasteiger partial charge in [0, 0.05) is 0 Å². The second kappa shape index (κ2) is 7.61. The van der Waals surface area contributed by atoms with Crippen molar-refractivity contribution < 1.29 is 9.53 Å². The maximum Gasteiger partial charge on any atom is 0.266 e. The standard InChI is InChI=1S/C19H20N4O2/c1-3-16(25-17-12-8-7-9-14(17)2)19(24)21-18-13-20-23(22-18)15-10-5-4-6-11-15/h4-13,16H,3H2,1-2H3,(H,21,22,24). The van der Waals surface area contributed by atoms with Gasteiger partial charge in [-0.1, -0.05) is 43.3 Å². The first-order valence-electron chi connectivity index (χ1n) is 8.18. The molecule has 0 aliphatic carbocycles. The van der Waals surface area contributed by atoms with Gasteiger partial charge in [-0.05, 0) is 37.1 Å². The summed E-state index contributed by atoms with van der Waals surface area (Å²) in [5.74, 6) is 0.851. The summed E-state index contributed by atoms with van der Waals surface area (Å²) in [4.78, 5) is 14.0. The molecule has 0 bridgehead atoms. The van der Waals surface area contributed by atoms with Gasteiger partial charge in [-0.2, -0.15) is 5.10 Å². The molecule has 0 aliphatic heterocycles. The Morgan fingerprint density at radius 3 is 2.60 bits per heavy atom. The van der Waals surface area contributed by atoms with Crippen molar-refractivity contribution in [3.8, 4) is 11.4 Å². The lowest BCUT2D eigenvalue weighted by atomic mass is 10.2. The molecule has 6 nitrogen and oxygen atoms in total. The smallest absolute Gasteiger partial charge is 0.266 e. The average molecular weight is 336 g/mol. The number of ether oxygens (including phenoxy) is 1. The van der Waals surface area contributed by atoms with E-state index < -0.39 is 6.10 Å². The van der Waals surface area contributed by atoms with E-state index in [2.05, 4.69) is 15.5 Å². The highest BCUT2D eigenvalue weighted by Gasteiger charge is 2.20. The van der Waals surface area contributed by atoms with Gasteiger partial charge in [0.15, 0.2) is 11.9 Å². The zero-order chi connectivity index (χ0) is 17.6. The minimum absolute atomic E-state index is 0.245. The molecule has 1 unspecified atom stereocenters. The molecular formula is C19H20N4O2. The molecule has 3 aromatic rings. The Balaban J connectivity index is 1.68. The number of anilines is 1. The number of nitrogens with one attached hydrogen (secondary N) is 1. The molecule has 2 aromatic carbocycles. The Morgan fingerprint density at radius 1 is 1.16 bits per heavy atom. The Bertz CT molecular complexity index is 845. The van der Waals surface area contributed by atoms with Crippen LogP contribution < -0.4 is 10.1 Å². The van der Waals surface area contributed by atoms with Crippen molar-refractivity contribution in [2.45, 2.75) is 26.4 Å². The third kappa shape index (κ3) is 4.03. The molecule has 0 spiro atoms. The summed E-state index contributed by atoms with van der Waals surface area (Å²) in [7, 11) is 0. The summed E-state index contributed by atoms with van der Waals surface area (Å²) in [5.41, 5.74) is 1.81. The number of aromatic nitrogens is 3. The molecule has 0 saturated carbocycles. The number of hydrogen-bond donors (Lipinski definition) is 1. The highest BCUT2D eigenvalue weighted by atomic mass is 16.5. The number of rotatable bonds is 6. The van der Waals surface area contributed by atoms with Gasteiger partial charge in [0.1, 0.15) is 5.75 Å². The van der Waals surface area contributed by atoms with E-state index in [0.29, 0.717) is 18.0 Å².